The van der Waals surface area contributed by atoms with Gasteiger partial charge in [-0.2, -0.15) is 5.10 Å². The van der Waals surface area contributed by atoms with Crippen LogP contribution in [0.5, 0.6) is 0 Å². The highest BCUT2D eigenvalue weighted by Gasteiger charge is 2.25. The number of rotatable bonds is 3. The molecular formula is C14H16BrN3O3. The monoisotopic (exact) mass is 353 g/mol. The quantitative estimate of drug-likeness (QED) is 0.793. The molecule has 7 heteroatoms. The number of carbonyl (C=O) groups excluding carboxylic acids is 1. The van der Waals surface area contributed by atoms with Crippen LogP contribution in [-0.4, -0.2) is 33.9 Å². The molecule has 0 bridgehead atoms. The van der Waals surface area contributed by atoms with Gasteiger partial charge >= 0.3 is 5.97 Å². The van der Waals surface area contributed by atoms with Crippen LogP contribution in [-0.2, 0) is 9.47 Å². The lowest BCUT2D eigenvalue weighted by molar-refractivity contribution is -0.0372. The second kappa shape index (κ2) is 6.11. The normalized spacial score (nSPS) is 18.9. The largest absolute Gasteiger partial charge is 0.461 e. The van der Waals surface area contributed by atoms with E-state index in [-0.39, 0.29) is 11.9 Å². The highest BCUT2D eigenvalue weighted by molar-refractivity contribution is 9.10. The molecule has 2 aromatic rings. The highest BCUT2D eigenvalue weighted by atomic mass is 79.9. The summed E-state index contributed by atoms with van der Waals surface area (Å²) in [5.74, 6) is -0.433. The SMILES string of the molecule is CCOC(=O)c1nn(C2CCCCO2)c2ncc(Br)cc12. The zero-order valence-electron chi connectivity index (χ0n) is 11.7. The standard InChI is InChI=1S/C14H16BrN3O3/c1-2-20-14(19)12-10-7-9(15)8-16-13(10)18(17-12)11-5-3-4-6-21-11/h7-8,11H,2-6H2,1H3. The molecule has 1 atom stereocenters. The van der Waals surface area contributed by atoms with E-state index in [2.05, 4.69) is 26.0 Å². The van der Waals surface area contributed by atoms with Gasteiger partial charge in [0.1, 0.15) is 0 Å². The van der Waals surface area contributed by atoms with Crippen molar-refractivity contribution < 1.29 is 14.3 Å². The number of hydrogen-bond acceptors (Lipinski definition) is 5. The van der Waals surface area contributed by atoms with Gasteiger partial charge in [-0.1, -0.05) is 0 Å². The molecule has 21 heavy (non-hydrogen) atoms. The number of aromatic nitrogens is 3. The molecule has 6 nitrogen and oxygen atoms in total. The number of pyridine rings is 1. The summed E-state index contributed by atoms with van der Waals surface area (Å²) in [6.45, 7) is 2.79. The summed E-state index contributed by atoms with van der Waals surface area (Å²) in [6, 6.07) is 1.83. The third-order valence-corrected chi connectivity index (χ3v) is 3.84. The molecule has 0 saturated carbocycles. The van der Waals surface area contributed by atoms with Crippen molar-refractivity contribution in [2.75, 3.05) is 13.2 Å². The van der Waals surface area contributed by atoms with Crippen LogP contribution in [0.4, 0.5) is 0 Å². The van der Waals surface area contributed by atoms with Crippen LogP contribution in [0.1, 0.15) is 42.9 Å². The minimum Gasteiger partial charge on any atom is -0.461 e. The molecule has 0 amide bonds. The van der Waals surface area contributed by atoms with Gasteiger partial charge in [0.2, 0.25) is 0 Å². The molecule has 3 rings (SSSR count). The first-order valence-corrected chi connectivity index (χ1v) is 7.82. The van der Waals surface area contributed by atoms with Crippen molar-refractivity contribution in [3.05, 3.63) is 22.4 Å². The van der Waals surface area contributed by atoms with E-state index in [4.69, 9.17) is 9.47 Å². The van der Waals surface area contributed by atoms with E-state index in [9.17, 15) is 4.79 Å². The van der Waals surface area contributed by atoms with Crippen molar-refractivity contribution in [1.29, 1.82) is 0 Å². The maximum atomic E-state index is 12.1. The van der Waals surface area contributed by atoms with E-state index < -0.39 is 5.97 Å². The molecular weight excluding hydrogens is 338 g/mol. The zero-order valence-corrected chi connectivity index (χ0v) is 13.3. The Kier molecular flexibility index (Phi) is 4.21. The molecule has 2 aromatic heterocycles. The smallest absolute Gasteiger partial charge is 0.359 e. The fraction of sp³-hybridized carbons (Fsp3) is 0.500. The maximum Gasteiger partial charge on any atom is 0.359 e. The Hall–Kier alpha value is -1.47. The number of ether oxygens (including phenoxy) is 2. The lowest BCUT2D eigenvalue weighted by Crippen LogP contribution is -2.20. The topological polar surface area (TPSA) is 66.2 Å². The van der Waals surface area contributed by atoms with E-state index >= 15 is 0 Å². The predicted molar refractivity (Wildman–Crippen MR) is 80.0 cm³/mol. The van der Waals surface area contributed by atoms with Crippen molar-refractivity contribution in [2.24, 2.45) is 0 Å². The van der Waals surface area contributed by atoms with Gasteiger partial charge in [0, 0.05) is 17.3 Å². The molecule has 0 radical (unpaired) electrons. The van der Waals surface area contributed by atoms with Crippen LogP contribution in [0, 0.1) is 0 Å². The molecule has 0 aliphatic carbocycles. The fourth-order valence-corrected chi connectivity index (χ4v) is 2.80. The second-order valence-corrected chi connectivity index (χ2v) is 5.78. The van der Waals surface area contributed by atoms with E-state index in [0.29, 0.717) is 24.2 Å². The van der Waals surface area contributed by atoms with Gasteiger partial charge in [-0.3, -0.25) is 0 Å². The third-order valence-electron chi connectivity index (χ3n) is 3.41. The summed E-state index contributed by atoms with van der Waals surface area (Å²) in [4.78, 5) is 16.5. The van der Waals surface area contributed by atoms with Crippen LogP contribution in [0.3, 0.4) is 0 Å². The van der Waals surface area contributed by atoms with Gasteiger partial charge in [-0.15, -0.1) is 0 Å². The predicted octanol–water partition coefficient (Wildman–Crippen LogP) is 3.07. The Labute approximate surface area is 130 Å². The third kappa shape index (κ3) is 2.80. The average Bonchev–Trinajstić information content (AvgIpc) is 2.87. The molecule has 0 spiro atoms. The second-order valence-electron chi connectivity index (χ2n) is 4.86. The van der Waals surface area contributed by atoms with E-state index in [1.54, 1.807) is 17.8 Å². The minimum absolute atomic E-state index is 0.168. The molecule has 1 saturated heterocycles. The van der Waals surface area contributed by atoms with Crippen LogP contribution >= 0.6 is 15.9 Å². The number of nitrogens with zero attached hydrogens (tertiary/aromatic N) is 3. The Morgan fingerprint density at radius 2 is 2.43 bits per heavy atom. The van der Waals surface area contributed by atoms with E-state index in [1.165, 1.54) is 0 Å². The van der Waals surface area contributed by atoms with Gasteiger partial charge in [0.05, 0.1) is 12.0 Å². The van der Waals surface area contributed by atoms with Crippen molar-refractivity contribution in [2.45, 2.75) is 32.4 Å². The van der Waals surface area contributed by atoms with E-state index in [1.807, 2.05) is 6.07 Å². The Bertz CT molecular complexity index is 665. The Morgan fingerprint density at radius 1 is 1.57 bits per heavy atom. The van der Waals surface area contributed by atoms with Crippen LogP contribution in [0.25, 0.3) is 11.0 Å². The molecule has 112 valence electrons. The number of fused-ring (bicyclic) bond motifs is 1. The molecule has 1 aliphatic rings. The summed E-state index contributed by atoms with van der Waals surface area (Å²) >= 11 is 3.38. The first-order valence-electron chi connectivity index (χ1n) is 7.03. The number of carbonyl (C=O) groups is 1. The number of esters is 1. The fourth-order valence-electron chi connectivity index (χ4n) is 2.47. The highest BCUT2D eigenvalue weighted by Crippen LogP contribution is 2.28. The summed E-state index contributed by atoms with van der Waals surface area (Å²) in [6.07, 6.45) is 4.53. The van der Waals surface area contributed by atoms with Crippen molar-refractivity contribution in [3.8, 4) is 0 Å². The van der Waals surface area contributed by atoms with Crippen molar-refractivity contribution in [3.63, 3.8) is 0 Å². The summed E-state index contributed by atoms with van der Waals surface area (Å²) in [5.41, 5.74) is 0.933. The summed E-state index contributed by atoms with van der Waals surface area (Å²) < 4.78 is 13.3. The number of hydrogen-bond donors (Lipinski definition) is 0. The molecule has 1 fully saturated rings. The summed E-state index contributed by atoms with van der Waals surface area (Å²) in [7, 11) is 0. The zero-order chi connectivity index (χ0) is 14.8. The lowest BCUT2D eigenvalue weighted by atomic mass is 10.2. The van der Waals surface area contributed by atoms with Crippen molar-refractivity contribution in [1.82, 2.24) is 14.8 Å². The van der Waals surface area contributed by atoms with Crippen LogP contribution in [0.2, 0.25) is 0 Å². The van der Waals surface area contributed by atoms with Gasteiger partial charge in [0.25, 0.3) is 0 Å². The molecule has 0 aromatic carbocycles. The van der Waals surface area contributed by atoms with Crippen LogP contribution < -0.4 is 0 Å². The first-order chi connectivity index (χ1) is 10.2. The molecule has 1 aliphatic heterocycles. The first kappa shape index (κ1) is 14.5. The van der Waals surface area contributed by atoms with Gasteiger partial charge in [-0.05, 0) is 48.2 Å². The number of halogens is 1. The Balaban J connectivity index is 2.09. The van der Waals surface area contributed by atoms with E-state index in [0.717, 1.165) is 23.7 Å². The van der Waals surface area contributed by atoms with Gasteiger partial charge < -0.3 is 9.47 Å². The molecule has 1 unspecified atom stereocenters. The van der Waals surface area contributed by atoms with Gasteiger partial charge in [-0.25, -0.2) is 14.5 Å². The average molecular weight is 354 g/mol. The molecule has 3 heterocycles. The summed E-state index contributed by atoms with van der Waals surface area (Å²) in [5, 5.41) is 5.08. The van der Waals surface area contributed by atoms with Crippen LogP contribution in [0.15, 0.2) is 16.7 Å². The minimum atomic E-state index is -0.433. The Morgan fingerprint density at radius 3 is 3.14 bits per heavy atom. The van der Waals surface area contributed by atoms with Crippen molar-refractivity contribution >= 4 is 32.9 Å². The maximum absolute atomic E-state index is 12.1. The lowest BCUT2D eigenvalue weighted by Gasteiger charge is -2.22. The molecule has 0 N–H and O–H groups in total. The van der Waals surface area contributed by atoms with Gasteiger partial charge in [0.15, 0.2) is 17.6 Å².